The molecule has 2 atom stereocenters. The zero-order chi connectivity index (χ0) is 19.3. The van der Waals surface area contributed by atoms with Crippen molar-refractivity contribution in [3.05, 3.63) is 18.2 Å². The van der Waals surface area contributed by atoms with E-state index in [1.807, 2.05) is 12.5 Å². The van der Waals surface area contributed by atoms with E-state index >= 15 is 0 Å². The maximum Gasteiger partial charge on any atom is 0.143 e. The van der Waals surface area contributed by atoms with Gasteiger partial charge in [0.15, 0.2) is 0 Å². The van der Waals surface area contributed by atoms with Crippen LogP contribution >= 0.6 is 0 Å². The van der Waals surface area contributed by atoms with E-state index in [0.717, 1.165) is 62.5 Å². The van der Waals surface area contributed by atoms with Gasteiger partial charge in [0.05, 0.1) is 12.8 Å². The maximum atomic E-state index is 11.0. The van der Waals surface area contributed by atoms with Crippen LogP contribution in [0, 0.1) is 17.8 Å². The van der Waals surface area contributed by atoms with Crippen molar-refractivity contribution in [3.8, 4) is 5.75 Å². The molecule has 1 heterocycles. The molecule has 4 saturated carbocycles. The van der Waals surface area contributed by atoms with Gasteiger partial charge in [-0.2, -0.15) is 6.41 Å². The SMILES string of the molecule is COc1cc(N2CCN(C3C4CC5CC3CC(N[C-]=O)(C5)C4)CC2)ccc1N.[Fm]. The first kappa shape index (κ1) is 19.4. The molecular weight excluding hydrogens is 609 g/mol. The molecule has 7 heteroatoms. The second-order valence-corrected chi connectivity index (χ2v) is 9.42. The molecule has 0 aromatic heterocycles. The van der Waals surface area contributed by atoms with E-state index < -0.39 is 0 Å². The van der Waals surface area contributed by atoms with E-state index in [-0.39, 0.29) is 5.54 Å². The van der Waals surface area contributed by atoms with Crippen molar-refractivity contribution in [1.29, 1.82) is 0 Å². The standard InChI is InChI=1S/C22H31N4O2.Fm/c1-28-20-10-18(2-3-19(20)23)25-4-6-26(7-5-25)21-16-8-15-9-17(21)13-22(11-15,12-16)24-14-27;/h2-3,10,15-17,21H,4-9,11-13,23H2,1H3,(H,24,27);/q-1;. The minimum atomic E-state index is 0. The number of hydrogen-bond acceptors (Lipinski definition) is 5. The Morgan fingerprint density at radius 1 is 1.14 bits per heavy atom. The summed E-state index contributed by atoms with van der Waals surface area (Å²) in [5.74, 6) is 3.02. The van der Waals surface area contributed by atoms with Gasteiger partial charge >= 0.3 is 0 Å². The van der Waals surface area contributed by atoms with Gasteiger partial charge in [-0.1, -0.05) is 0 Å². The molecule has 6 nitrogen and oxygen atoms in total. The van der Waals surface area contributed by atoms with E-state index in [0.29, 0.717) is 11.7 Å². The van der Waals surface area contributed by atoms with Crippen molar-refractivity contribution in [3.63, 3.8) is 0 Å². The normalized spacial score (nSPS) is 35.8. The number of carbonyl (C=O) groups excluding carboxylic acids is 1. The molecule has 4 bridgehead atoms. The van der Waals surface area contributed by atoms with Gasteiger partial charge in [0.2, 0.25) is 0 Å². The number of nitrogens with two attached hydrogens (primary N) is 1. The Balaban J connectivity index is 0.00000205. The van der Waals surface area contributed by atoms with Crippen LogP contribution in [0.3, 0.4) is 0 Å². The van der Waals surface area contributed by atoms with Crippen LogP contribution in [0.15, 0.2) is 18.2 Å². The van der Waals surface area contributed by atoms with Gasteiger partial charge in [0.1, 0.15) is 5.75 Å². The van der Waals surface area contributed by atoms with Crippen molar-refractivity contribution < 1.29 is 9.53 Å². The van der Waals surface area contributed by atoms with Crippen molar-refractivity contribution in [2.75, 3.05) is 43.9 Å². The molecule has 1 aliphatic heterocycles. The van der Waals surface area contributed by atoms with Crippen molar-refractivity contribution in [2.45, 2.75) is 43.7 Å². The number of methoxy groups -OCH3 is 1. The first-order chi connectivity index (χ1) is 13.6. The minimum absolute atomic E-state index is 0. The van der Waals surface area contributed by atoms with Crippen LogP contribution in [-0.4, -0.2) is 56.2 Å². The molecule has 6 rings (SSSR count). The molecule has 1 amide bonds. The Labute approximate surface area is 167 Å². The Morgan fingerprint density at radius 3 is 2.45 bits per heavy atom. The van der Waals surface area contributed by atoms with Crippen LogP contribution in [0.2, 0.25) is 0 Å². The van der Waals surface area contributed by atoms with Gasteiger partial charge in [-0.25, -0.2) is 0 Å². The predicted molar refractivity (Wildman–Crippen MR) is 110 cm³/mol. The summed E-state index contributed by atoms with van der Waals surface area (Å²) in [6.07, 6.45) is 8.18. The molecule has 164 valence electrons. The largest absolute Gasteiger partial charge is 0.525 e. The summed E-state index contributed by atoms with van der Waals surface area (Å²) in [6, 6.07) is 6.79. The van der Waals surface area contributed by atoms with Gasteiger partial charge in [-0.05, 0) is 62.0 Å². The molecule has 0 spiro atoms. The monoisotopic (exact) mass is 640 g/mol. The molecule has 4 aliphatic carbocycles. The average molecular weight is 641 g/mol. The molecule has 1 saturated heterocycles. The number of benzene rings is 1. The van der Waals surface area contributed by atoms with Gasteiger partial charge in [-0.3, -0.25) is 4.90 Å². The van der Waals surface area contributed by atoms with E-state index in [1.54, 1.807) is 7.11 Å². The molecule has 1 aromatic rings. The number of nitrogens with zero attached hydrogens (tertiary/aromatic N) is 2. The number of amides is 1. The summed E-state index contributed by atoms with van der Waals surface area (Å²) in [5, 5.41) is 3.10. The van der Waals surface area contributed by atoms with Gasteiger partial charge in [-0.15, -0.1) is 0 Å². The summed E-state index contributed by atoms with van der Waals surface area (Å²) in [5.41, 5.74) is 7.90. The molecule has 1 aromatic carbocycles. The van der Waals surface area contributed by atoms with E-state index in [1.165, 1.54) is 24.9 Å². The van der Waals surface area contributed by atoms with Crippen LogP contribution < -0.4 is 20.7 Å². The molecule has 29 heavy (non-hydrogen) atoms. The summed E-state index contributed by atoms with van der Waals surface area (Å²) >= 11 is 0. The summed E-state index contributed by atoms with van der Waals surface area (Å²) in [7, 11) is 1.67. The number of ether oxygens (including phenoxy) is 1. The first-order valence-electron chi connectivity index (χ1n) is 10.7. The first-order valence-corrected chi connectivity index (χ1v) is 10.7. The van der Waals surface area contributed by atoms with Crippen LogP contribution in [0.25, 0.3) is 0 Å². The van der Waals surface area contributed by atoms with E-state index in [9.17, 15) is 4.79 Å². The summed E-state index contributed by atoms with van der Waals surface area (Å²) in [6.45, 7) is 4.29. The predicted octanol–water partition coefficient (Wildman–Crippen LogP) is 2.00. The third-order valence-electron chi connectivity index (χ3n) is 7.86. The van der Waals surface area contributed by atoms with Crippen LogP contribution in [0.1, 0.15) is 32.1 Å². The maximum absolute atomic E-state index is 11.0. The Hall–Kier alpha value is -2.95. The van der Waals surface area contributed by atoms with Gasteiger partial charge < -0.3 is 25.5 Å². The van der Waals surface area contributed by atoms with Gasteiger partial charge in [0, 0.05) is 49.5 Å². The summed E-state index contributed by atoms with van der Waals surface area (Å²) in [4.78, 5) is 16.2. The van der Waals surface area contributed by atoms with Crippen LogP contribution in [-0.2, 0) is 4.79 Å². The van der Waals surface area contributed by atoms with Crippen LogP contribution in [0.4, 0.5) is 11.4 Å². The quantitative estimate of drug-likeness (QED) is 0.293. The Kier molecular flexibility index (Phi) is 4.77. The second kappa shape index (κ2) is 7.14. The van der Waals surface area contributed by atoms with Gasteiger partial charge in [0.25, 0.3) is 0 Å². The number of piperazine rings is 1. The zero-order valence-corrected chi connectivity index (χ0v) is 19.4. The number of nitrogens with one attached hydrogen (secondary N) is 1. The summed E-state index contributed by atoms with van der Waals surface area (Å²) < 4.78 is 5.39. The molecule has 5 aliphatic rings. The fraction of sp³-hybridized carbons (Fsp3) is 0.682. The fourth-order valence-electron chi connectivity index (χ4n) is 7.03. The van der Waals surface area contributed by atoms with Crippen molar-refractivity contribution >= 4 is 17.8 Å². The molecule has 3 N–H and O–H groups in total. The smallest absolute Gasteiger partial charge is 0.143 e. The second-order valence-electron chi connectivity index (χ2n) is 9.42. The van der Waals surface area contributed by atoms with E-state index in [4.69, 9.17) is 10.5 Å². The van der Waals surface area contributed by atoms with Crippen molar-refractivity contribution in [1.82, 2.24) is 10.2 Å². The van der Waals surface area contributed by atoms with Crippen molar-refractivity contribution in [2.24, 2.45) is 17.8 Å². The topological polar surface area (TPSA) is 70.8 Å². The Morgan fingerprint density at radius 2 is 1.83 bits per heavy atom. The fourth-order valence-corrected chi connectivity index (χ4v) is 7.03. The minimum Gasteiger partial charge on any atom is -0.525 e. The molecule has 0 radical (unpaired) electrons. The molecule has 2 unspecified atom stereocenters. The third-order valence-corrected chi connectivity index (χ3v) is 7.86. The Bertz CT molecular complexity index is 736. The molecular formula is C22H31FmN4O2-. The van der Waals surface area contributed by atoms with Crippen LogP contribution in [0.5, 0.6) is 5.75 Å². The van der Waals surface area contributed by atoms with E-state index in [2.05, 4.69) is 27.2 Å². The third kappa shape index (κ3) is 3.15. The number of anilines is 2. The number of rotatable bonds is 5. The average Bonchev–Trinajstić information content (AvgIpc) is 2.68. The number of nitrogen functional groups attached to an aromatic ring is 1. The number of hydrogen-bond donors (Lipinski definition) is 2. The zero-order valence-electron chi connectivity index (χ0n) is 17.0. The molecule has 5 fully saturated rings.